The van der Waals surface area contributed by atoms with Gasteiger partial charge in [-0.2, -0.15) is 5.10 Å². The first-order chi connectivity index (χ1) is 8.56. The molecule has 4 nitrogen and oxygen atoms in total. The van der Waals surface area contributed by atoms with Gasteiger partial charge in [-0.05, 0) is 42.7 Å². The highest BCUT2D eigenvalue weighted by atomic mass is 35.5. The number of hydrogen-bond donors (Lipinski definition) is 1. The second-order valence-electron chi connectivity index (χ2n) is 4.12. The van der Waals surface area contributed by atoms with Gasteiger partial charge >= 0.3 is 5.97 Å². The van der Waals surface area contributed by atoms with E-state index in [1.807, 2.05) is 31.3 Å². The number of benzene rings is 1. The van der Waals surface area contributed by atoms with E-state index in [1.54, 1.807) is 10.9 Å². The number of carbonyl (C=O) groups is 1. The van der Waals surface area contributed by atoms with Crippen LogP contribution in [0.4, 0.5) is 0 Å². The zero-order chi connectivity index (χ0) is 13.1. The Labute approximate surface area is 110 Å². The Hall–Kier alpha value is -1.81. The van der Waals surface area contributed by atoms with E-state index < -0.39 is 5.97 Å². The van der Waals surface area contributed by atoms with Crippen LogP contribution in [0.3, 0.4) is 0 Å². The summed E-state index contributed by atoms with van der Waals surface area (Å²) in [6.45, 7) is 1.96. The Balaban J connectivity index is 2.21. The fraction of sp³-hybridized carbons (Fsp3) is 0.231. The summed E-state index contributed by atoms with van der Waals surface area (Å²) in [5, 5.41) is 13.6. The minimum Gasteiger partial charge on any atom is -0.481 e. The number of aromatic nitrogens is 2. The molecule has 0 aliphatic carbocycles. The summed E-state index contributed by atoms with van der Waals surface area (Å²) in [6.07, 6.45) is 4.14. The third-order valence-corrected chi connectivity index (χ3v) is 2.90. The van der Waals surface area contributed by atoms with Gasteiger partial charge in [-0.1, -0.05) is 11.6 Å². The molecular weight excluding hydrogens is 252 g/mol. The molecule has 1 aromatic carbocycles. The van der Waals surface area contributed by atoms with Gasteiger partial charge in [-0.25, -0.2) is 4.68 Å². The van der Waals surface area contributed by atoms with Crippen molar-refractivity contribution in [3.8, 4) is 5.69 Å². The van der Waals surface area contributed by atoms with Gasteiger partial charge in [-0.3, -0.25) is 4.79 Å². The third-order valence-electron chi connectivity index (χ3n) is 2.67. The Morgan fingerprint density at radius 2 is 2.28 bits per heavy atom. The number of aryl methyl sites for hydroxylation is 2. The molecule has 1 heterocycles. The SMILES string of the molecule is Cc1cc(Cl)ccc1-n1cc(CCC(=O)O)cn1. The maximum Gasteiger partial charge on any atom is 0.303 e. The Kier molecular flexibility index (Phi) is 3.67. The zero-order valence-electron chi connectivity index (χ0n) is 9.93. The first kappa shape index (κ1) is 12.6. The van der Waals surface area contributed by atoms with Crippen molar-refractivity contribution in [2.24, 2.45) is 0 Å². The summed E-state index contributed by atoms with van der Waals surface area (Å²) in [5.41, 5.74) is 2.88. The van der Waals surface area contributed by atoms with Gasteiger partial charge in [0, 0.05) is 17.6 Å². The van der Waals surface area contributed by atoms with Crippen molar-refractivity contribution >= 4 is 17.6 Å². The van der Waals surface area contributed by atoms with Crippen LogP contribution in [0.1, 0.15) is 17.5 Å². The van der Waals surface area contributed by atoms with Crippen molar-refractivity contribution in [2.75, 3.05) is 0 Å². The summed E-state index contributed by atoms with van der Waals surface area (Å²) in [7, 11) is 0. The summed E-state index contributed by atoms with van der Waals surface area (Å²) < 4.78 is 1.74. The lowest BCUT2D eigenvalue weighted by molar-refractivity contribution is -0.136. The van der Waals surface area contributed by atoms with Crippen molar-refractivity contribution in [3.63, 3.8) is 0 Å². The molecule has 1 aromatic heterocycles. The first-order valence-corrected chi connectivity index (χ1v) is 5.96. The van der Waals surface area contributed by atoms with Crippen molar-refractivity contribution in [1.29, 1.82) is 0 Å². The summed E-state index contributed by atoms with van der Waals surface area (Å²) >= 11 is 5.90. The molecule has 5 heteroatoms. The molecule has 0 fully saturated rings. The number of nitrogens with zero attached hydrogens (tertiary/aromatic N) is 2. The van der Waals surface area contributed by atoms with Crippen LogP contribution in [0.15, 0.2) is 30.6 Å². The highest BCUT2D eigenvalue weighted by molar-refractivity contribution is 6.30. The molecule has 0 amide bonds. The highest BCUT2D eigenvalue weighted by Crippen LogP contribution is 2.19. The topological polar surface area (TPSA) is 55.1 Å². The number of aliphatic carboxylic acids is 1. The van der Waals surface area contributed by atoms with Gasteiger partial charge in [0.25, 0.3) is 0 Å². The van der Waals surface area contributed by atoms with Crippen LogP contribution in [-0.2, 0) is 11.2 Å². The van der Waals surface area contributed by atoms with Crippen molar-refractivity contribution < 1.29 is 9.90 Å². The van der Waals surface area contributed by atoms with Crippen LogP contribution in [-0.4, -0.2) is 20.9 Å². The predicted molar refractivity (Wildman–Crippen MR) is 69.3 cm³/mol. The van der Waals surface area contributed by atoms with E-state index in [0.29, 0.717) is 11.4 Å². The molecule has 18 heavy (non-hydrogen) atoms. The zero-order valence-corrected chi connectivity index (χ0v) is 10.7. The molecule has 2 aromatic rings. The number of rotatable bonds is 4. The van der Waals surface area contributed by atoms with Crippen molar-refractivity contribution in [2.45, 2.75) is 19.8 Å². The van der Waals surface area contributed by atoms with Crippen molar-refractivity contribution in [1.82, 2.24) is 9.78 Å². The lowest BCUT2D eigenvalue weighted by Gasteiger charge is -2.05. The number of carboxylic acids is 1. The lowest BCUT2D eigenvalue weighted by Crippen LogP contribution is -1.98. The molecule has 94 valence electrons. The van der Waals surface area contributed by atoms with Gasteiger partial charge < -0.3 is 5.11 Å². The van der Waals surface area contributed by atoms with Crippen LogP contribution >= 0.6 is 11.6 Å². The highest BCUT2D eigenvalue weighted by Gasteiger charge is 2.06. The number of halogens is 1. The van der Waals surface area contributed by atoms with Gasteiger partial charge in [0.1, 0.15) is 0 Å². The molecule has 0 aliphatic heterocycles. The maximum absolute atomic E-state index is 10.5. The van der Waals surface area contributed by atoms with Crippen LogP contribution in [0, 0.1) is 6.92 Å². The molecular formula is C13H13ClN2O2. The molecule has 0 radical (unpaired) electrons. The third kappa shape index (κ3) is 2.90. The van der Waals surface area contributed by atoms with Gasteiger partial charge in [0.15, 0.2) is 0 Å². The largest absolute Gasteiger partial charge is 0.481 e. The Morgan fingerprint density at radius 1 is 1.50 bits per heavy atom. The Bertz CT molecular complexity index is 578. The standard InChI is InChI=1S/C13H13ClN2O2/c1-9-6-11(14)3-4-12(9)16-8-10(7-15-16)2-5-13(17)18/h3-4,6-8H,2,5H2,1H3,(H,17,18). The molecule has 0 bridgehead atoms. The summed E-state index contributed by atoms with van der Waals surface area (Å²) in [4.78, 5) is 10.5. The van der Waals surface area contributed by atoms with E-state index in [2.05, 4.69) is 5.10 Å². The minimum atomic E-state index is -0.801. The van der Waals surface area contributed by atoms with E-state index in [9.17, 15) is 4.79 Å². The summed E-state index contributed by atoms with van der Waals surface area (Å²) in [5.74, 6) is -0.801. The van der Waals surface area contributed by atoms with Gasteiger partial charge in [0.05, 0.1) is 11.9 Å². The van der Waals surface area contributed by atoms with E-state index in [1.165, 1.54) is 0 Å². The van der Waals surface area contributed by atoms with Crippen LogP contribution in [0.5, 0.6) is 0 Å². The molecule has 0 unspecified atom stereocenters. The molecule has 0 saturated carbocycles. The van der Waals surface area contributed by atoms with Crippen LogP contribution < -0.4 is 0 Å². The smallest absolute Gasteiger partial charge is 0.303 e. The maximum atomic E-state index is 10.5. The molecule has 1 N–H and O–H groups in total. The predicted octanol–water partition coefficient (Wildman–Crippen LogP) is 2.85. The quantitative estimate of drug-likeness (QED) is 0.924. The fourth-order valence-electron chi connectivity index (χ4n) is 1.75. The molecule has 0 spiro atoms. The Morgan fingerprint density at radius 3 is 2.94 bits per heavy atom. The van der Waals surface area contributed by atoms with Gasteiger partial charge in [0.2, 0.25) is 0 Å². The van der Waals surface area contributed by atoms with Crippen LogP contribution in [0.2, 0.25) is 5.02 Å². The molecule has 2 rings (SSSR count). The summed E-state index contributed by atoms with van der Waals surface area (Å²) in [6, 6.07) is 5.57. The molecule has 0 aliphatic rings. The number of carboxylic acid groups (broad SMARTS) is 1. The second-order valence-corrected chi connectivity index (χ2v) is 4.55. The van der Waals surface area contributed by atoms with Crippen molar-refractivity contribution in [3.05, 3.63) is 46.7 Å². The van der Waals surface area contributed by atoms with E-state index >= 15 is 0 Å². The van der Waals surface area contributed by atoms with E-state index in [4.69, 9.17) is 16.7 Å². The number of hydrogen-bond acceptors (Lipinski definition) is 2. The van der Waals surface area contributed by atoms with E-state index in [-0.39, 0.29) is 6.42 Å². The van der Waals surface area contributed by atoms with Gasteiger partial charge in [-0.15, -0.1) is 0 Å². The second kappa shape index (κ2) is 5.23. The minimum absolute atomic E-state index is 0.116. The monoisotopic (exact) mass is 264 g/mol. The molecule has 0 atom stereocenters. The first-order valence-electron chi connectivity index (χ1n) is 5.58. The fourth-order valence-corrected chi connectivity index (χ4v) is 1.97. The average Bonchev–Trinajstić information content (AvgIpc) is 2.75. The average molecular weight is 265 g/mol. The van der Waals surface area contributed by atoms with Crippen LogP contribution in [0.25, 0.3) is 5.69 Å². The molecule has 0 saturated heterocycles. The lowest BCUT2D eigenvalue weighted by atomic mass is 10.2. The van der Waals surface area contributed by atoms with E-state index in [0.717, 1.165) is 16.8 Å². The normalized spacial score (nSPS) is 10.6.